The molecule has 0 saturated carbocycles. The van der Waals surface area contributed by atoms with Crippen molar-refractivity contribution in [2.45, 2.75) is 32.6 Å². The van der Waals surface area contributed by atoms with Crippen molar-refractivity contribution in [3.8, 4) is 0 Å². The normalized spacial score (nSPS) is 12.0. The Kier molecular flexibility index (Phi) is 6.54. The van der Waals surface area contributed by atoms with Gasteiger partial charge in [0.2, 0.25) is 0 Å². The van der Waals surface area contributed by atoms with Gasteiger partial charge in [-0.25, -0.2) is 0 Å². The first-order valence-electron chi connectivity index (χ1n) is 7.76. The van der Waals surface area contributed by atoms with Crippen molar-refractivity contribution < 1.29 is 0 Å². The summed E-state index contributed by atoms with van der Waals surface area (Å²) in [6.07, 6.45) is 11.3. The van der Waals surface area contributed by atoms with Crippen LogP contribution in [0.2, 0.25) is 0 Å². The summed E-state index contributed by atoms with van der Waals surface area (Å²) >= 11 is 0. The molecule has 0 aliphatic carbocycles. The lowest BCUT2D eigenvalue weighted by atomic mass is 10.1. The highest BCUT2D eigenvalue weighted by Gasteiger charge is 1.90. The number of aryl methyl sites for hydroxylation is 2. The lowest BCUT2D eigenvalue weighted by Gasteiger charge is -1.99. The molecule has 0 heterocycles. The zero-order valence-corrected chi connectivity index (χ0v) is 12.8. The molecule has 0 aromatic heterocycles. The van der Waals surface area contributed by atoms with Crippen LogP contribution in [-0.4, -0.2) is 0 Å². The fraction of sp³-hybridized carbons (Fsp3) is 0.238. The molecule has 0 nitrogen and oxygen atoms in total. The van der Waals surface area contributed by atoms with Crippen LogP contribution in [0.15, 0.2) is 84.5 Å². The molecule has 0 spiro atoms. The van der Waals surface area contributed by atoms with E-state index < -0.39 is 0 Å². The van der Waals surface area contributed by atoms with Gasteiger partial charge in [0.1, 0.15) is 0 Å². The standard InChI is InChI=1S/C21H24/c1-19(12-10-18-21-15-6-3-7-16-21)11-8-9-17-20-13-4-2-5-14-20/h2-8,11-16H,9-10,17-18H2,1H3/b11-8+,19-12+. The highest BCUT2D eigenvalue weighted by Crippen LogP contribution is 2.07. The van der Waals surface area contributed by atoms with E-state index in [1.54, 1.807) is 0 Å². The van der Waals surface area contributed by atoms with Crippen LogP contribution < -0.4 is 0 Å². The third-order valence-electron chi connectivity index (χ3n) is 3.57. The maximum Gasteiger partial charge on any atom is -0.0244 e. The highest BCUT2D eigenvalue weighted by molar-refractivity contribution is 5.20. The monoisotopic (exact) mass is 276 g/mol. The Morgan fingerprint density at radius 3 is 1.86 bits per heavy atom. The van der Waals surface area contributed by atoms with E-state index in [9.17, 15) is 0 Å². The Balaban J connectivity index is 1.69. The van der Waals surface area contributed by atoms with Crippen molar-refractivity contribution in [1.82, 2.24) is 0 Å². The average molecular weight is 276 g/mol. The first kappa shape index (κ1) is 15.3. The average Bonchev–Trinajstić information content (AvgIpc) is 2.54. The van der Waals surface area contributed by atoms with Crippen LogP contribution in [0.25, 0.3) is 0 Å². The molecule has 0 N–H and O–H groups in total. The molecule has 0 aliphatic heterocycles. The summed E-state index contributed by atoms with van der Waals surface area (Å²) in [4.78, 5) is 0. The van der Waals surface area contributed by atoms with Crippen LogP contribution in [0.5, 0.6) is 0 Å². The van der Waals surface area contributed by atoms with E-state index in [0.29, 0.717) is 0 Å². The van der Waals surface area contributed by atoms with Crippen LogP contribution in [0.1, 0.15) is 30.9 Å². The van der Waals surface area contributed by atoms with Gasteiger partial charge in [-0.05, 0) is 43.7 Å². The third kappa shape index (κ3) is 6.27. The van der Waals surface area contributed by atoms with Crippen LogP contribution in [0.4, 0.5) is 0 Å². The molecule has 0 fully saturated rings. The summed E-state index contributed by atoms with van der Waals surface area (Å²) in [5, 5.41) is 0. The van der Waals surface area contributed by atoms with Crippen molar-refractivity contribution >= 4 is 0 Å². The number of hydrogen-bond acceptors (Lipinski definition) is 0. The second kappa shape index (κ2) is 8.97. The maximum atomic E-state index is 2.33. The van der Waals surface area contributed by atoms with Gasteiger partial charge in [0.25, 0.3) is 0 Å². The molecule has 0 aliphatic rings. The minimum Gasteiger partial charge on any atom is -0.0840 e. The third-order valence-corrected chi connectivity index (χ3v) is 3.57. The van der Waals surface area contributed by atoms with Gasteiger partial charge < -0.3 is 0 Å². The van der Waals surface area contributed by atoms with E-state index in [1.165, 1.54) is 16.7 Å². The Morgan fingerprint density at radius 2 is 1.29 bits per heavy atom. The van der Waals surface area contributed by atoms with Gasteiger partial charge >= 0.3 is 0 Å². The lowest BCUT2D eigenvalue weighted by Crippen LogP contribution is -1.83. The van der Waals surface area contributed by atoms with E-state index in [4.69, 9.17) is 0 Å². The summed E-state index contributed by atoms with van der Waals surface area (Å²) in [5.74, 6) is 0. The van der Waals surface area contributed by atoms with E-state index in [2.05, 4.69) is 85.8 Å². The highest BCUT2D eigenvalue weighted by atomic mass is 14.0. The van der Waals surface area contributed by atoms with Crippen molar-refractivity contribution in [3.63, 3.8) is 0 Å². The molecule has 0 saturated heterocycles. The first-order valence-corrected chi connectivity index (χ1v) is 7.76. The largest absolute Gasteiger partial charge is 0.0840 e. The zero-order chi connectivity index (χ0) is 14.8. The minimum absolute atomic E-state index is 1.11. The van der Waals surface area contributed by atoms with Crippen LogP contribution in [0.3, 0.4) is 0 Å². The second-order valence-electron chi connectivity index (χ2n) is 5.40. The van der Waals surface area contributed by atoms with Gasteiger partial charge in [0.15, 0.2) is 0 Å². The topological polar surface area (TPSA) is 0 Å². The van der Waals surface area contributed by atoms with Gasteiger partial charge in [-0.15, -0.1) is 0 Å². The summed E-state index contributed by atoms with van der Waals surface area (Å²) in [5.41, 5.74) is 4.18. The van der Waals surface area contributed by atoms with Crippen LogP contribution in [-0.2, 0) is 12.8 Å². The second-order valence-corrected chi connectivity index (χ2v) is 5.40. The number of benzene rings is 2. The number of hydrogen-bond donors (Lipinski definition) is 0. The van der Waals surface area contributed by atoms with Gasteiger partial charge in [-0.1, -0.05) is 84.5 Å². The summed E-state index contributed by atoms with van der Waals surface area (Å²) in [7, 11) is 0. The molecule has 0 bridgehead atoms. The predicted molar refractivity (Wildman–Crippen MR) is 92.4 cm³/mol. The first-order chi connectivity index (χ1) is 10.3. The maximum absolute atomic E-state index is 2.33. The van der Waals surface area contributed by atoms with E-state index in [0.717, 1.165) is 25.7 Å². The molecule has 0 radical (unpaired) electrons. The Labute approximate surface area is 128 Å². The molecule has 2 rings (SSSR count). The van der Waals surface area contributed by atoms with Crippen molar-refractivity contribution in [2.24, 2.45) is 0 Å². The Morgan fingerprint density at radius 1 is 0.762 bits per heavy atom. The summed E-state index contributed by atoms with van der Waals surface area (Å²) in [6, 6.07) is 21.3. The number of rotatable bonds is 7. The molecule has 108 valence electrons. The summed E-state index contributed by atoms with van der Waals surface area (Å²) < 4.78 is 0. The van der Waals surface area contributed by atoms with Crippen molar-refractivity contribution in [1.29, 1.82) is 0 Å². The molecule has 0 unspecified atom stereocenters. The smallest absolute Gasteiger partial charge is 0.0244 e. The van der Waals surface area contributed by atoms with Gasteiger partial charge in [-0.3, -0.25) is 0 Å². The minimum atomic E-state index is 1.11. The fourth-order valence-corrected chi connectivity index (χ4v) is 2.34. The van der Waals surface area contributed by atoms with Gasteiger partial charge in [0, 0.05) is 0 Å². The lowest BCUT2D eigenvalue weighted by molar-refractivity contribution is 0.987. The van der Waals surface area contributed by atoms with E-state index in [1.807, 2.05) is 0 Å². The molecular weight excluding hydrogens is 252 g/mol. The zero-order valence-electron chi connectivity index (χ0n) is 12.8. The van der Waals surface area contributed by atoms with Crippen LogP contribution >= 0.6 is 0 Å². The van der Waals surface area contributed by atoms with Gasteiger partial charge in [-0.2, -0.15) is 0 Å². The molecule has 21 heavy (non-hydrogen) atoms. The quantitative estimate of drug-likeness (QED) is 0.564. The molecule has 2 aromatic carbocycles. The van der Waals surface area contributed by atoms with E-state index in [-0.39, 0.29) is 0 Å². The predicted octanol–water partition coefficient (Wildman–Crippen LogP) is 5.75. The molecule has 0 atom stereocenters. The van der Waals surface area contributed by atoms with Crippen LogP contribution in [0, 0.1) is 0 Å². The molecule has 0 amide bonds. The Hall–Kier alpha value is -2.08. The Bertz CT molecular complexity index is 562. The number of allylic oxidation sites excluding steroid dienone is 4. The summed E-state index contributed by atoms with van der Waals surface area (Å²) in [6.45, 7) is 2.18. The molecular formula is C21H24. The molecule has 0 heteroatoms. The van der Waals surface area contributed by atoms with Crippen molar-refractivity contribution in [3.05, 3.63) is 95.6 Å². The van der Waals surface area contributed by atoms with Crippen molar-refractivity contribution in [2.75, 3.05) is 0 Å². The molecule has 2 aromatic rings. The van der Waals surface area contributed by atoms with Gasteiger partial charge in [0.05, 0.1) is 0 Å². The van der Waals surface area contributed by atoms with E-state index >= 15 is 0 Å². The fourth-order valence-electron chi connectivity index (χ4n) is 2.34. The SMILES string of the molecule is CC(/C=C/CCc1ccccc1)=C\CCc1ccccc1.